The van der Waals surface area contributed by atoms with Crippen LogP contribution in [-0.2, 0) is 0 Å². The molecule has 1 amide bonds. The first-order valence-electron chi connectivity index (χ1n) is 11.7. The van der Waals surface area contributed by atoms with Gasteiger partial charge in [0.1, 0.15) is 16.9 Å². The second-order valence-corrected chi connectivity index (χ2v) is 8.58. The minimum Gasteiger partial charge on any atom is -0.452 e. The highest BCUT2D eigenvalue weighted by Crippen LogP contribution is 2.33. The molecule has 0 saturated carbocycles. The molecular formula is C28H18F2N6O3. The predicted molar refractivity (Wildman–Crippen MR) is 140 cm³/mol. The van der Waals surface area contributed by atoms with Gasteiger partial charge in [-0.3, -0.25) is 14.7 Å². The molecule has 192 valence electrons. The Hall–Kier alpha value is -5.58. The van der Waals surface area contributed by atoms with E-state index in [1.165, 1.54) is 48.7 Å². The number of aromatic nitrogens is 5. The number of carbonyl (C=O) groups is 1. The normalized spacial score (nSPS) is 11.0. The van der Waals surface area contributed by atoms with Crippen LogP contribution in [0.2, 0.25) is 0 Å². The van der Waals surface area contributed by atoms with Gasteiger partial charge in [0.2, 0.25) is 0 Å². The second-order valence-electron chi connectivity index (χ2n) is 8.58. The maximum Gasteiger partial charge on any atom is 0.261 e. The molecule has 39 heavy (non-hydrogen) atoms. The van der Waals surface area contributed by atoms with E-state index < -0.39 is 23.1 Å². The van der Waals surface area contributed by atoms with Crippen LogP contribution in [0, 0.1) is 11.6 Å². The van der Waals surface area contributed by atoms with E-state index >= 15 is 4.39 Å². The molecule has 0 aliphatic carbocycles. The lowest BCUT2D eigenvalue weighted by Crippen LogP contribution is -2.23. The van der Waals surface area contributed by atoms with Crippen molar-refractivity contribution < 1.29 is 18.3 Å². The molecule has 0 radical (unpaired) electrons. The number of anilines is 1. The fourth-order valence-corrected chi connectivity index (χ4v) is 4.08. The summed E-state index contributed by atoms with van der Waals surface area (Å²) < 4.78 is 35.8. The summed E-state index contributed by atoms with van der Waals surface area (Å²) in [6, 6.07) is 14.4. The molecule has 0 unspecified atom stereocenters. The average molecular weight is 524 g/mol. The molecule has 0 saturated heterocycles. The number of nitrogens with one attached hydrogen (secondary N) is 3. The summed E-state index contributed by atoms with van der Waals surface area (Å²) in [4.78, 5) is 27.7. The Morgan fingerprint density at radius 3 is 2.51 bits per heavy atom. The first-order chi connectivity index (χ1) is 18.9. The van der Waals surface area contributed by atoms with Gasteiger partial charge in [-0.05, 0) is 53.6 Å². The highest BCUT2D eigenvalue weighted by Gasteiger charge is 2.16. The third-order valence-corrected chi connectivity index (χ3v) is 6.04. The highest BCUT2D eigenvalue weighted by atomic mass is 19.1. The largest absolute Gasteiger partial charge is 0.452 e. The molecule has 4 aromatic heterocycles. The molecule has 6 aromatic rings. The molecule has 0 bridgehead atoms. The van der Waals surface area contributed by atoms with Crippen molar-refractivity contribution in [1.29, 1.82) is 0 Å². The van der Waals surface area contributed by atoms with E-state index in [1.807, 2.05) is 0 Å². The maximum absolute atomic E-state index is 15.1. The quantitative estimate of drug-likeness (QED) is 0.270. The van der Waals surface area contributed by atoms with Crippen LogP contribution in [0.1, 0.15) is 10.4 Å². The number of fused-ring (bicyclic) bond motifs is 1. The lowest BCUT2D eigenvalue weighted by atomic mass is 10.1. The predicted octanol–water partition coefficient (Wildman–Crippen LogP) is 5.40. The molecule has 6 rings (SSSR count). The number of ether oxygens (including phenoxy) is 1. The van der Waals surface area contributed by atoms with E-state index in [2.05, 4.69) is 25.6 Å². The lowest BCUT2D eigenvalue weighted by molar-refractivity contribution is 0.102. The fourth-order valence-electron chi connectivity index (χ4n) is 4.08. The van der Waals surface area contributed by atoms with Gasteiger partial charge in [-0.1, -0.05) is 12.1 Å². The maximum atomic E-state index is 15.1. The Labute approximate surface area is 218 Å². The van der Waals surface area contributed by atoms with E-state index in [9.17, 15) is 14.0 Å². The van der Waals surface area contributed by atoms with Gasteiger partial charge in [0, 0.05) is 41.5 Å². The minimum absolute atomic E-state index is 0.0726. The van der Waals surface area contributed by atoms with Crippen molar-refractivity contribution in [2.75, 3.05) is 5.32 Å². The number of pyridine rings is 2. The number of rotatable bonds is 6. The number of aromatic amines is 2. The van der Waals surface area contributed by atoms with Crippen LogP contribution in [0.4, 0.5) is 14.5 Å². The van der Waals surface area contributed by atoms with Gasteiger partial charge in [0.05, 0.1) is 12.4 Å². The zero-order chi connectivity index (χ0) is 26.9. The van der Waals surface area contributed by atoms with Gasteiger partial charge in [-0.25, -0.2) is 13.3 Å². The second kappa shape index (κ2) is 9.71. The van der Waals surface area contributed by atoms with Gasteiger partial charge < -0.3 is 15.0 Å². The van der Waals surface area contributed by atoms with Crippen LogP contribution < -0.4 is 15.6 Å². The van der Waals surface area contributed by atoms with Crippen molar-refractivity contribution in [2.24, 2.45) is 0 Å². The van der Waals surface area contributed by atoms with Gasteiger partial charge in [0.25, 0.3) is 11.5 Å². The third kappa shape index (κ3) is 4.76. The van der Waals surface area contributed by atoms with Gasteiger partial charge in [-0.15, -0.1) is 0 Å². The minimum atomic E-state index is -0.734. The number of hydrogen-bond donors (Lipinski definition) is 3. The Morgan fingerprint density at radius 1 is 0.897 bits per heavy atom. The summed E-state index contributed by atoms with van der Waals surface area (Å²) in [6.07, 6.45) is 8.19. The number of halogens is 2. The Balaban J connectivity index is 1.24. The number of hydrogen-bond acceptors (Lipinski definition) is 5. The number of nitrogens with zero attached hydrogens (tertiary/aromatic N) is 3. The number of amides is 1. The van der Waals surface area contributed by atoms with Crippen LogP contribution in [-0.4, -0.2) is 30.7 Å². The SMILES string of the molecule is O=C(Nc1ccc(Oc2cc(-c3cn[nH]c3)cn3nccc23)c(F)c1)c1cc(-c2ccc(F)cc2)c[nH]c1=O. The van der Waals surface area contributed by atoms with Crippen molar-refractivity contribution in [3.8, 4) is 33.8 Å². The molecule has 2 aromatic carbocycles. The van der Waals surface area contributed by atoms with Gasteiger partial charge in [-0.2, -0.15) is 10.2 Å². The number of H-pyrrole nitrogens is 2. The molecule has 9 nitrogen and oxygen atoms in total. The Morgan fingerprint density at radius 2 is 1.74 bits per heavy atom. The molecule has 3 N–H and O–H groups in total. The molecule has 0 aliphatic heterocycles. The standard InChI is InChI=1S/C28H18F2N6O3/c29-20-3-1-16(2-4-20)17-9-22(27(37)31-12-17)28(38)35-21-5-6-25(23(30)11-21)39-26-10-18(19-13-32-33-14-19)15-36-24(26)7-8-34-36/h1-15H,(H,31,37)(H,32,33)(H,35,38). The van der Waals surface area contributed by atoms with Crippen molar-refractivity contribution in [1.82, 2.24) is 24.8 Å². The monoisotopic (exact) mass is 524 g/mol. The van der Waals surface area contributed by atoms with E-state index in [1.54, 1.807) is 41.4 Å². The summed E-state index contributed by atoms with van der Waals surface area (Å²) in [6.45, 7) is 0. The summed E-state index contributed by atoms with van der Waals surface area (Å²) in [7, 11) is 0. The van der Waals surface area contributed by atoms with E-state index in [4.69, 9.17) is 4.74 Å². The number of carbonyl (C=O) groups excluding carboxylic acids is 1. The van der Waals surface area contributed by atoms with Crippen LogP contribution in [0.25, 0.3) is 27.8 Å². The summed E-state index contributed by atoms with van der Waals surface area (Å²) in [5, 5.41) is 13.5. The van der Waals surface area contributed by atoms with E-state index in [0.29, 0.717) is 22.4 Å². The zero-order valence-corrected chi connectivity index (χ0v) is 20.0. The van der Waals surface area contributed by atoms with Crippen molar-refractivity contribution >= 4 is 17.1 Å². The van der Waals surface area contributed by atoms with Crippen LogP contribution in [0.15, 0.2) is 96.4 Å². The Bertz CT molecular complexity index is 1880. The van der Waals surface area contributed by atoms with E-state index in [-0.39, 0.29) is 17.0 Å². The van der Waals surface area contributed by atoms with Crippen LogP contribution >= 0.6 is 0 Å². The molecular weight excluding hydrogens is 506 g/mol. The molecule has 4 heterocycles. The summed E-state index contributed by atoms with van der Waals surface area (Å²) >= 11 is 0. The van der Waals surface area contributed by atoms with Crippen LogP contribution in [0.5, 0.6) is 11.5 Å². The number of benzene rings is 2. The lowest BCUT2D eigenvalue weighted by Gasteiger charge is -2.12. The van der Waals surface area contributed by atoms with E-state index in [0.717, 1.165) is 17.2 Å². The van der Waals surface area contributed by atoms with Crippen molar-refractivity contribution in [3.05, 3.63) is 119 Å². The van der Waals surface area contributed by atoms with Crippen molar-refractivity contribution in [3.63, 3.8) is 0 Å². The molecule has 0 fully saturated rings. The highest BCUT2D eigenvalue weighted by molar-refractivity contribution is 6.04. The third-order valence-electron chi connectivity index (χ3n) is 6.04. The molecule has 11 heteroatoms. The first kappa shape index (κ1) is 23.8. The van der Waals surface area contributed by atoms with Crippen LogP contribution in [0.3, 0.4) is 0 Å². The average Bonchev–Trinajstić information content (AvgIpc) is 3.64. The molecule has 0 spiro atoms. The topological polar surface area (TPSA) is 117 Å². The van der Waals surface area contributed by atoms with Gasteiger partial charge in [0.15, 0.2) is 17.3 Å². The fraction of sp³-hybridized carbons (Fsp3) is 0. The smallest absolute Gasteiger partial charge is 0.261 e. The van der Waals surface area contributed by atoms with Gasteiger partial charge >= 0.3 is 0 Å². The summed E-state index contributed by atoms with van der Waals surface area (Å²) in [5.41, 5.74) is 2.62. The molecule has 0 aliphatic rings. The molecule has 0 atom stereocenters. The first-order valence-corrected chi connectivity index (χ1v) is 11.7. The summed E-state index contributed by atoms with van der Waals surface area (Å²) in [5.74, 6) is -1.58. The van der Waals surface area contributed by atoms with Crippen molar-refractivity contribution in [2.45, 2.75) is 0 Å². The zero-order valence-electron chi connectivity index (χ0n) is 20.0. The Kier molecular flexibility index (Phi) is 5.92.